The van der Waals surface area contributed by atoms with Crippen LogP contribution >= 0.6 is 0 Å². The van der Waals surface area contributed by atoms with Gasteiger partial charge in [0.15, 0.2) is 0 Å². The summed E-state index contributed by atoms with van der Waals surface area (Å²) in [7, 11) is 0. The third-order valence-electron chi connectivity index (χ3n) is 6.45. The van der Waals surface area contributed by atoms with Gasteiger partial charge >= 0.3 is 11.8 Å². The van der Waals surface area contributed by atoms with E-state index < -0.39 is 11.8 Å². The molecular weight excluding hydrogens is 438 g/mol. The van der Waals surface area contributed by atoms with E-state index >= 15 is 0 Å². The van der Waals surface area contributed by atoms with E-state index in [1.165, 1.54) is 11.1 Å². The van der Waals surface area contributed by atoms with Crippen LogP contribution < -0.4 is 10.6 Å². The Morgan fingerprint density at radius 1 is 0.886 bits per heavy atom. The van der Waals surface area contributed by atoms with E-state index in [-0.39, 0.29) is 6.04 Å². The lowest BCUT2D eigenvalue weighted by Gasteiger charge is -2.39. The molecule has 0 bridgehead atoms. The zero-order chi connectivity index (χ0) is 24.5. The number of nitrogens with zero attached hydrogens (tertiary/aromatic N) is 3. The maximum atomic E-state index is 12.6. The number of carbonyl (C=O) groups is 2. The first-order valence-corrected chi connectivity index (χ1v) is 12.2. The van der Waals surface area contributed by atoms with Crippen LogP contribution in [-0.4, -0.2) is 59.3 Å². The molecule has 1 unspecified atom stereocenters. The smallest absolute Gasteiger partial charge is 0.313 e. The van der Waals surface area contributed by atoms with Crippen molar-refractivity contribution in [2.45, 2.75) is 25.9 Å². The molecule has 2 N–H and O–H groups in total. The van der Waals surface area contributed by atoms with Crippen molar-refractivity contribution in [2.75, 3.05) is 38.0 Å². The van der Waals surface area contributed by atoms with E-state index in [0.29, 0.717) is 12.2 Å². The molecule has 0 radical (unpaired) electrons. The molecule has 1 atom stereocenters. The van der Waals surface area contributed by atoms with Gasteiger partial charge < -0.3 is 10.6 Å². The molecule has 0 aliphatic carbocycles. The lowest BCUT2D eigenvalue weighted by molar-refractivity contribution is -0.136. The minimum atomic E-state index is -0.660. The molecule has 1 fully saturated rings. The number of piperazine rings is 1. The maximum Gasteiger partial charge on any atom is 0.313 e. The highest BCUT2D eigenvalue weighted by Crippen LogP contribution is 2.22. The Balaban J connectivity index is 1.34. The summed E-state index contributed by atoms with van der Waals surface area (Å²) in [5.74, 6) is -1.30. The monoisotopic (exact) mass is 471 g/mol. The maximum absolute atomic E-state index is 12.6. The summed E-state index contributed by atoms with van der Waals surface area (Å²) in [5, 5.41) is 5.52. The van der Waals surface area contributed by atoms with Crippen molar-refractivity contribution in [3.8, 4) is 0 Å². The van der Waals surface area contributed by atoms with Gasteiger partial charge in [-0.2, -0.15) is 0 Å². The van der Waals surface area contributed by atoms with Crippen molar-refractivity contribution in [2.24, 2.45) is 0 Å². The molecule has 182 valence electrons. The van der Waals surface area contributed by atoms with Crippen LogP contribution in [0.5, 0.6) is 0 Å². The first-order chi connectivity index (χ1) is 17.1. The van der Waals surface area contributed by atoms with Crippen LogP contribution in [0, 0.1) is 0 Å². The van der Waals surface area contributed by atoms with Crippen molar-refractivity contribution in [3.05, 3.63) is 95.8 Å². The van der Waals surface area contributed by atoms with Crippen LogP contribution in [0.3, 0.4) is 0 Å². The third kappa shape index (κ3) is 6.97. The van der Waals surface area contributed by atoms with Crippen molar-refractivity contribution in [1.82, 2.24) is 20.1 Å². The van der Waals surface area contributed by atoms with E-state index in [0.717, 1.165) is 44.7 Å². The average molecular weight is 472 g/mol. The normalized spacial score (nSPS) is 15.3. The Bertz CT molecular complexity index is 1080. The minimum absolute atomic E-state index is 0.0526. The number of nitrogens with one attached hydrogen (secondary N) is 2. The van der Waals surface area contributed by atoms with E-state index in [9.17, 15) is 9.59 Å². The number of aromatic nitrogens is 1. The van der Waals surface area contributed by atoms with Gasteiger partial charge in [0.2, 0.25) is 0 Å². The number of hydrogen-bond donors (Lipinski definition) is 2. The van der Waals surface area contributed by atoms with Crippen molar-refractivity contribution in [3.63, 3.8) is 0 Å². The first-order valence-electron chi connectivity index (χ1n) is 12.2. The Kier molecular flexibility index (Phi) is 8.59. The number of rotatable bonds is 8. The number of aryl methyl sites for hydroxylation is 1. The number of carbonyl (C=O) groups excluding carboxylic acids is 2. The highest BCUT2D eigenvalue weighted by molar-refractivity contribution is 6.39. The van der Waals surface area contributed by atoms with Crippen LogP contribution in [0.15, 0.2) is 79.1 Å². The molecule has 7 nitrogen and oxygen atoms in total. The van der Waals surface area contributed by atoms with Crippen molar-refractivity contribution in [1.29, 1.82) is 0 Å². The Hall–Kier alpha value is -3.55. The lowest BCUT2D eigenvalue weighted by Crippen LogP contribution is -2.50. The number of amides is 2. The van der Waals surface area contributed by atoms with E-state index in [1.807, 2.05) is 48.7 Å². The van der Waals surface area contributed by atoms with Gasteiger partial charge in [0.25, 0.3) is 0 Å². The first kappa shape index (κ1) is 24.6. The van der Waals surface area contributed by atoms with Crippen LogP contribution in [0.25, 0.3) is 0 Å². The zero-order valence-electron chi connectivity index (χ0n) is 20.2. The summed E-state index contributed by atoms with van der Waals surface area (Å²) in [5.41, 5.74) is 4.13. The van der Waals surface area contributed by atoms with Gasteiger partial charge in [-0.05, 0) is 41.3 Å². The van der Waals surface area contributed by atoms with E-state index in [2.05, 4.69) is 56.6 Å². The molecule has 1 aromatic heterocycles. The van der Waals surface area contributed by atoms with Gasteiger partial charge in [0.05, 0.1) is 6.04 Å². The predicted octanol–water partition coefficient (Wildman–Crippen LogP) is 3.26. The Morgan fingerprint density at radius 3 is 2.29 bits per heavy atom. The van der Waals surface area contributed by atoms with Crippen molar-refractivity contribution >= 4 is 17.5 Å². The number of pyridine rings is 1. The quantitative estimate of drug-likeness (QED) is 0.493. The summed E-state index contributed by atoms with van der Waals surface area (Å²) in [6.45, 7) is 6.97. The molecular formula is C28H33N5O2. The van der Waals surface area contributed by atoms with Gasteiger partial charge in [-0.25, -0.2) is 0 Å². The van der Waals surface area contributed by atoms with Gasteiger partial charge in [-0.1, -0.05) is 55.5 Å². The highest BCUT2D eigenvalue weighted by Gasteiger charge is 2.26. The van der Waals surface area contributed by atoms with Crippen LogP contribution in [0.4, 0.5) is 5.69 Å². The molecule has 2 heterocycles. The highest BCUT2D eigenvalue weighted by atomic mass is 16.2. The second-order valence-corrected chi connectivity index (χ2v) is 8.81. The number of anilines is 1. The molecule has 0 spiro atoms. The Labute approximate surface area is 207 Å². The van der Waals surface area contributed by atoms with Gasteiger partial charge in [0.1, 0.15) is 0 Å². The molecule has 3 aromatic rings. The fourth-order valence-electron chi connectivity index (χ4n) is 4.39. The molecule has 2 aromatic carbocycles. The molecule has 2 amide bonds. The molecule has 4 rings (SSSR count). The average Bonchev–Trinajstić information content (AvgIpc) is 2.91. The summed E-state index contributed by atoms with van der Waals surface area (Å²) in [6, 6.07) is 21.9. The van der Waals surface area contributed by atoms with Gasteiger partial charge in [-0.15, -0.1) is 0 Å². The molecule has 1 saturated heterocycles. The standard InChI is InChI=1S/C28H33N5O2/c1-2-22-10-12-25(13-11-22)31-28(35)27(34)30-20-26(24-9-6-14-29-19-24)33-17-15-32(16-18-33)21-23-7-4-3-5-8-23/h3-14,19,26H,2,15-18,20-21H2,1H3,(H,30,34)(H,31,35). The summed E-state index contributed by atoms with van der Waals surface area (Å²) >= 11 is 0. The second-order valence-electron chi connectivity index (χ2n) is 8.81. The third-order valence-corrected chi connectivity index (χ3v) is 6.45. The van der Waals surface area contributed by atoms with E-state index in [4.69, 9.17) is 0 Å². The number of hydrogen-bond acceptors (Lipinski definition) is 5. The SMILES string of the molecule is CCc1ccc(NC(=O)C(=O)NCC(c2cccnc2)N2CCN(Cc3ccccc3)CC2)cc1. The molecule has 7 heteroatoms. The molecule has 1 aliphatic heterocycles. The molecule has 1 aliphatic rings. The lowest BCUT2D eigenvalue weighted by atomic mass is 10.1. The predicted molar refractivity (Wildman–Crippen MR) is 138 cm³/mol. The van der Waals surface area contributed by atoms with Gasteiger partial charge in [0, 0.05) is 57.3 Å². The number of benzene rings is 2. The molecule has 35 heavy (non-hydrogen) atoms. The second kappa shape index (κ2) is 12.2. The molecule has 0 saturated carbocycles. The summed E-state index contributed by atoms with van der Waals surface area (Å²) in [4.78, 5) is 34.1. The summed E-state index contributed by atoms with van der Waals surface area (Å²) < 4.78 is 0. The largest absolute Gasteiger partial charge is 0.346 e. The van der Waals surface area contributed by atoms with Crippen LogP contribution in [0.2, 0.25) is 0 Å². The minimum Gasteiger partial charge on any atom is -0.346 e. The summed E-state index contributed by atoms with van der Waals surface area (Å²) in [6.07, 6.45) is 4.50. The van der Waals surface area contributed by atoms with Crippen molar-refractivity contribution < 1.29 is 9.59 Å². The van der Waals surface area contributed by atoms with Crippen LogP contribution in [-0.2, 0) is 22.6 Å². The van der Waals surface area contributed by atoms with E-state index in [1.54, 1.807) is 6.20 Å². The zero-order valence-corrected chi connectivity index (χ0v) is 20.2. The topological polar surface area (TPSA) is 77.6 Å². The van der Waals surface area contributed by atoms with Crippen LogP contribution in [0.1, 0.15) is 29.7 Å². The fourth-order valence-corrected chi connectivity index (χ4v) is 4.39. The fraction of sp³-hybridized carbons (Fsp3) is 0.321. The Morgan fingerprint density at radius 2 is 1.63 bits per heavy atom. The van der Waals surface area contributed by atoms with Gasteiger partial charge in [-0.3, -0.25) is 24.4 Å².